The van der Waals surface area contributed by atoms with Crippen molar-refractivity contribution in [3.05, 3.63) is 64.0 Å². The number of benzene rings is 2. The molecule has 2 aromatic carbocycles. The number of hydrogen-bond acceptors (Lipinski definition) is 3. The third kappa shape index (κ3) is 4.42. The number of nitrogens with zero attached hydrogens (tertiary/aromatic N) is 1. The lowest BCUT2D eigenvalue weighted by Crippen LogP contribution is -2.35. The molecular formula is C19H18FN3O2. The average Bonchev–Trinajstić information content (AvgIpc) is 2.55. The first-order valence-electron chi connectivity index (χ1n) is 7.67. The lowest BCUT2D eigenvalue weighted by Gasteiger charge is -2.12. The van der Waals surface area contributed by atoms with E-state index in [-0.39, 0.29) is 17.8 Å². The Balaban J connectivity index is 2.02. The number of nitrogens with one attached hydrogen (secondary N) is 2. The normalized spacial score (nSPS) is 10.0. The molecule has 0 fully saturated rings. The predicted octanol–water partition coefficient (Wildman–Crippen LogP) is 2.88. The Hall–Kier alpha value is -3.20. The van der Waals surface area contributed by atoms with E-state index in [4.69, 9.17) is 5.26 Å². The maximum Gasteiger partial charge on any atom is 0.313 e. The van der Waals surface area contributed by atoms with Crippen molar-refractivity contribution in [2.45, 2.75) is 27.3 Å². The topological polar surface area (TPSA) is 82.0 Å². The zero-order valence-electron chi connectivity index (χ0n) is 14.2. The van der Waals surface area contributed by atoms with Gasteiger partial charge in [-0.05, 0) is 55.7 Å². The van der Waals surface area contributed by atoms with Gasteiger partial charge in [0, 0.05) is 12.2 Å². The molecule has 0 saturated carbocycles. The third-order valence-electron chi connectivity index (χ3n) is 3.82. The molecule has 5 nitrogen and oxygen atoms in total. The van der Waals surface area contributed by atoms with E-state index in [1.807, 2.05) is 32.9 Å². The molecule has 2 amide bonds. The Labute approximate surface area is 145 Å². The molecule has 0 bridgehead atoms. The van der Waals surface area contributed by atoms with Gasteiger partial charge < -0.3 is 10.6 Å². The number of aryl methyl sites for hydroxylation is 3. The highest BCUT2D eigenvalue weighted by molar-refractivity contribution is 6.39. The summed E-state index contributed by atoms with van der Waals surface area (Å²) in [5, 5.41) is 13.7. The second-order valence-electron chi connectivity index (χ2n) is 5.82. The molecule has 0 saturated heterocycles. The number of carbonyl (C=O) groups excluding carboxylic acids is 2. The van der Waals surface area contributed by atoms with Crippen molar-refractivity contribution >= 4 is 17.5 Å². The molecule has 2 aromatic rings. The summed E-state index contributed by atoms with van der Waals surface area (Å²) < 4.78 is 13.3. The molecule has 0 unspecified atom stereocenters. The highest BCUT2D eigenvalue weighted by atomic mass is 19.1. The molecule has 25 heavy (non-hydrogen) atoms. The van der Waals surface area contributed by atoms with E-state index in [2.05, 4.69) is 10.6 Å². The van der Waals surface area contributed by atoms with Crippen LogP contribution in [0.3, 0.4) is 0 Å². The Bertz CT molecular complexity index is 862. The second kappa shape index (κ2) is 7.58. The van der Waals surface area contributed by atoms with Crippen LogP contribution in [-0.4, -0.2) is 11.8 Å². The fraction of sp³-hybridized carbons (Fsp3) is 0.211. The number of carbonyl (C=O) groups is 2. The summed E-state index contributed by atoms with van der Waals surface area (Å²) in [6.07, 6.45) is 0. The zero-order valence-corrected chi connectivity index (χ0v) is 14.2. The van der Waals surface area contributed by atoms with Gasteiger partial charge in [-0.2, -0.15) is 5.26 Å². The van der Waals surface area contributed by atoms with E-state index in [0.29, 0.717) is 0 Å². The van der Waals surface area contributed by atoms with E-state index in [1.54, 1.807) is 6.07 Å². The number of hydrogen-bond donors (Lipinski definition) is 2. The van der Waals surface area contributed by atoms with E-state index < -0.39 is 17.6 Å². The summed E-state index contributed by atoms with van der Waals surface area (Å²) in [5.74, 6) is -2.37. The highest BCUT2D eigenvalue weighted by Crippen LogP contribution is 2.16. The monoisotopic (exact) mass is 339 g/mol. The van der Waals surface area contributed by atoms with Crippen LogP contribution in [0, 0.1) is 37.9 Å². The SMILES string of the molecule is Cc1cc(C)c(CNC(=O)C(=O)Nc2ccc(F)c(C#N)c2)c(C)c1. The number of amides is 2. The number of anilines is 1. The van der Waals surface area contributed by atoms with Gasteiger partial charge in [-0.1, -0.05) is 17.7 Å². The van der Waals surface area contributed by atoms with Crippen LogP contribution in [0.1, 0.15) is 27.8 Å². The fourth-order valence-corrected chi connectivity index (χ4v) is 2.61. The van der Waals surface area contributed by atoms with Crippen LogP contribution in [0.15, 0.2) is 30.3 Å². The first kappa shape index (κ1) is 18.1. The lowest BCUT2D eigenvalue weighted by atomic mass is 10.00. The van der Waals surface area contributed by atoms with Crippen molar-refractivity contribution in [2.24, 2.45) is 0 Å². The number of rotatable bonds is 3. The second-order valence-corrected chi connectivity index (χ2v) is 5.82. The van der Waals surface area contributed by atoms with Crippen LogP contribution in [0.2, 0.25) is 0 Å². The quantitative estimate of drug-likeness (QED) is 0.844. The Kier molecular flexibility index (Phi) is 5.50. The maximum absolute atomic E-state index is 13.3. The van der Waals surface area contributed by atoms with Crippen LogP contribution in [0.5, 0.6) is 0 Å². The van der Waals surface area contributed by atoms with Gasteiger partial charge >= 0.3 is 11.8 Å². The summed E-state index contributed by atoms with van der Waals surface area (Å²) in [7, 11) is 0. The van der Waals surface area contributed by atoms with Crippen LogP contribution >= 0.6 is 0 Å². The minimum atomic E-state index is -0.877. The van der Waals surface area contributed by atoms with Crippen molar-refractivity contribution < 1.29 is 14.0 Å². The molecule has 0 atom stereocenters. The molecule has 0 spiro atoms. The van der Waals surface area contributed by atoms with Crippen LogP contribution in [-0.2, 0) is 16.1 Å². The van der Waals surface area contributed by atoms with Crippen molar-refractivity contribution in [3.63, 3.8) is 0 Å². The van der Waals surface area contributed by atoms with Gasteiger partial charge in [0.1, 0.15) is 11.9 Å². The van der Waals surface area contributed by atoms with E-state index in [9.17, 15) is 14.0 Å². The van der Waals surface area contributed by atoms with Gasteiger partial charge in [0.25, 0.3) is 0 Å². The largest absolute Gasteiger partial charge is 0.344 e. The summed E-state index contributed by atoms with van der Waals surface area (Å²) in [6, 6.07) is 9.22. The van der Waals surface area contributed by atoms with E-state index in [1.165, 1.54) is 12.1 Å². The summed E-state index contributed by atoms with van der Waals surface area (Å²) in [4.78, 5) is 23.9. The Morgan fingerprint density at radius 2 is 1.72 bits per heavy atom. The van der Waals surface area contributed by atoms with Crippen molar-refractivity contribution in [1.82, 2.24) is 5.32 Å². The minimum Gasteiger partial charge on any atom is -0.344 e. The molecule has 0 aromatic heterocycles. The molecule has 0 aliphatic heterocycles. The van der Waals surface area contributed by atoms with Gasteiger partial charge in [-0.3, -0.25) is 9.59 Å². The van der Waals surface area contributed by atoms with E-state index in [0.717, 1.165) is 28.3 Å². The first-order valence-corrected chi connectivity index (χ1v) is 7.67. The maximum atomic E-state index is 13.3. The fourth-order valence-electron chi connectivity index (χ4n) is 2.61. The van der Waals surface area contributed by atoms with Gasteiger partial charge in [0.2, 0.25) is 0 Å². The molecule has 2 rings (SSSR count). The standard InChI is InChI=1S/C19H18FN3O2/c1-11-6-12(2)16(13(3)7-11)10-22-18(24)19(25)23-15-4-5-17(20)14(8-15)9-21/h4-8H,10H2,1-3H3,(H,22,24)(H,23,25). The molecule has 2 N–H and O–H groups in total. The Morgan fingerprint density at radius 1 is 1.08 bits per heavy atom. The summed E-state index contributed by atoms with van der Waals surface area (Å²) >= 11 is 0. The molecule has 0 heterocycles. The van der Waals surface area contributed by atoms with Crippen LogP contribution in [0.4, 0.5) is 10.1 Å². The zero-order chi connectivity index (χ0) is 18.6. The number of halogens is 1. The molecular weight excluding hydrogens is 321 g/mol. The van der Waals surface area contributed by atoms with Crippen molar-refractivity contribution in [3.8, 4) is 6.07 Å². The summed E-state index contributed by atoms with van der Waals surface area (Å²) in [5.41, 5.74) is 4.14. The third-order valence-corrected chi connectivity index (χ3v) is 3.82. The average molecular weight is 339 g/mol. The lowest BCUT2D eigenvalue weighted by molar-refractivity contribution is -0.136. The molecule has 0 aliphatic carbocycles. The van der Waals surface area contributed by atoms with Crippen LogP contribution in [0.25, 0.3) is 0 Å². The minimum absolute atomic E-state index is 0.181. The first-order chi connectivity index (χ1) is 11.8. The smallest absolute Gasteiger partial charge is 0.313 e. The Morgan fingerprint density at radius 3 is 2.32 bits per heavy atom. The van der Waals surface area contributed by atoms with E-state index >= 15 is 0 Å². The highest BCUT2D eigenvalue weighted by Gasteiger charge is 2.15. The molecule has 0 aliphatic rings. The van der Waals surface area contributed by atoms with Gasteiger partial charge in [0.05, 0.1) is 5.56 Å². The van der Waals surface area contributed by atoms with Crippen LogP contribution < -0.4 is 10.6 Å². The summed E-state index contributed by atoms with van der Waals surface area (Å²) in [6.45, 7) is 6.12. The molecule has 128 valence electrons. The molecule has 6 heteroatoms. The van der Waals surface area contributed by atoms with Gasteiger partial charge in [-0.25, -0.2) is 4.39 Å². The van der Waals surface area contributed by atoms with Gasteiger partial charge in [0.15, 0.2) is 0 Å². The number of nitriles is 1. The predicted molar refractivity (Wildman–Crippen MR) is 92.2 cm³/mol. The van der Waals surface area contributed by atoms with Crippen molar-refractivity contribution in [1.29, 1.82) is 5.26 Å². The molecule has 0 radical (unpaired) electrons. The van der Waals surface area contributed by atoms with Gasteiger partial charge in [-0.15, -0.1) is 0 Å². The van der Waals surface area contributed by atoms with Crippen molar-refractivity contribution in [2.75, 3.05) is 5.32 Å².